The highest BCUT2D eigenvalue weighted by molar-refractivity contribution is 6.10. The maximum atomic E-state index is 13.5. The molecule has 0 saturated heterocycles. The van der Waals surface area contributed by atoms with Gasteiger partial charge in [-0.25, -0.2) is 0 Å². The summed E-state index contributed by atoms with van der Waals surface area (Å²) in [7, 11) is 0. The number of hydrogen-bond donors (Lipinski definition) is 2. The Morgan fingerprint density at radius 2 is 1.93 bits per heavy atom. The first-order chi connectivity index (χ1) is 19.8. The van der Waals surface area contributed by atoms with Crippen LogP contribution in [-0.4, -0.2) is 51.9 Å². The van der Waals surface area contributed by atoms with Gasteiger partial charge in [0.2, 0.25) is 5.88 Å². The van der Waals surface area contributed by atoms with E-state index in [0.717, 1.165) is 49.1 Å². The summed E-state index contributed by atoms with van der Waals surface area (Å²) < 4.78 is 16.9. The lowest BCUT2D eigenvalue weighted by Gasteiger charge is -2.28. The number of nitrogens with zero attached hydrogens (tertiary/aromatic N) is 4. The fraction of sp³-hybridized carbons (Fsp3) is 0.500. The van der Waals surface area contributed by atoms with Crippen molar-refractivity contribution in [2.45, 2.75) is 70.6 Å². The number of rotatable bonds is 10. The Kier molecular flexibility index (Phi) is 8.70. The van der Waals surface area contributed by atoms with Crippen molar-refractivity contribution in [2.75, 3.05) is 30.4 Å². The molecule has 11 nitrogen and oxygen atoms in total. The quantitative estimate of drug-likeness (QED) is 0.323. The van der Waals surface area contributed by atoms with Crippen molar-refractivity contribution < 1.29 is 28.7 Å². The molecule has 2 aromatic heterocycles. The van der Waals surface area contributed by atoms with Crippen molar-refractivity contribution in [3.05, 3.63) is 52.9 Å². The Labute approximate surface area is 239 Å². The molecule has 3 heterocycles. The minimum atomic E-state index is -0.722. The van der Waals surface area contributed by atoms with Gasteiger partial charge in [-0.05, 0) is 68.1 Å². The molecule has 3 N–H and O–H groups in total. The summed E-state index contributed by atoms with van der Waals surface area (Å²) in [4.78, 5) is 34.8. The van der Waals surface area contributed by atoms with E-state index in [-0.39, 0.29) is 54.0 Å². The number of aliphatic carboxylic acids is 1. The van der Waals surface area contributed by atoms with E-state index in [0.29, 0.717) is 25.5 Å². The first-order valence-corrected chi connectivity index (χ1v) is 14.3. The van der Waals surface area contributed by atoms with Crippen LogP contribution in [0.15, 0.2) is 35.0 Å². The van der Waals surface area contributed by atoms with Crippen LogP contribution in [0.2, 0.25) is 0 Å². The zero-order valence-electron chi connectivity index (χ0n) is 23.5. The summed E-state index contributed by atoms with van der Waals surface area (Å²) in [5.74, 6) is 0.876. The summed E-state index contributed by atoms with van der Waals surface area (Å²) in [5.41, 5.74) is 9.35. The van der Waals surface area contributed by atoms with Gasteiger partial charge >= 0.3 is 12.0 Å². The predicted molar refractivity (Wildman–Crippen MR) is 151 cm³/mol. The second-order valence-corrected chi connectivity index (χ2v) is 11.1. The highest BCUT2D eigenvalue weighted by Gasteiger charge is 2.30. The fourth-order valence-corrected chi connectivity index (χ4v) is 5.76. The molecule has 1 fully saturated rings. The van der Waals surface area contributed by atoms with Gasteiger partial charge in [-0.15, -0.1) is 0 Å². The van der Waals surface area contributed by atoms with Crippen LogP contribution in [0.4, 0.5) is 11.5 Å². The smallest absolute Gasteiger partial charge is 0.321 e. The third kappa shape index (κ3) is 6.61. The fourth-order valence-electron chi connectivity index (χ4n) is 5.76. The molecule has 0 radical (unpaired) electrons. The van der Waals surface area contributed by atoms with Gasteiger partial charge in [-0.3, -0.25) is 9.59 Å². The molecule has 41 heavy (non-hydrogen) atoms. The standard InChI is InChI=1S/C30H37N5O6/c1-18(2)26-22(17-32-41-26)4-3-14-40-30-33-27(31)25-28(34-30)39-15-13-35(29(25)38)23-11-9-21(10-12-23)20-7-5-19(6-8-20)16-24(36)37/h9-12,17-20H,3-8,13-16H2,1-2H3,(H,36,37)(H2,31,33,34). The van der Waals surface area contributed by atoms with Crippen molar-refractivity contribution in [3.8, 4) is 11.9 Å². The van der Waals surface area contributed by atoms with Gasteiger partial charge in [0.1, 0.15) is 23.7 Å². The normalized spacial score (nSPS) is 19.0. The summed E-state index contributed by atoms with van der Waals surface area (Å²) in [6.45, 7) is 5.05. The minimum Gasteiger partial charge on any atom is -0.481 e. The van der Waals surface area contributed by atoms with Crippen molar-refractivity contribution in [2.24, 2.45) is 5.92 Å². The van der Waals surface area contributed by atoms with Crippen LogP contribution in [0, 0.1) is 5.92 Å². The molecule has 0 atom stereocenters. The van der Waals surface area contributed by atoms with E-state index in [2.05, 4.69) is 41.1 Å². The van der Waals surface area contributed by atoms with E-state index in [4.69, 9.17) is 24.8 Å². The van der Waals surface area contributed by atoms with Crippen LogP contribution < -0.4 is 20.1 Å². The molecule has 1 aliphatic carbocycles. The zero-order chi connectivity index (χ0) is 28.9. The van der Waals surface area contributed by atoms with Gasteiger partial charge in [0.25, 0.3) is 5.91 Å². The van der Waals surface area contributed by atoms with Gasteiger partial charge in [-0.1, -0.05) is 31.1 Å². The van der Waals surface area contributed by atoms with E-state index in [1.165, 1.54) is 5.56 Å². The largest absolute Gasteiger partial charge is 0.481 e. The van der Waals surface area contributed by atoms with Gasteiger partial charge in [-0.2, -0.15) is 9.97 Å². The van der Waals surface area contributed by atoms with Crippen molar-refractivity contribution in [1.29, 1.82) is 0 Å². The van der Waals surface area contributed by atoms with Crippen LogP contribution in [0.1, 0.15) is 91.5 Å². The number of nitrogens with two attached hydrogens (primary N) is 1. The SMILES string of the molecule is CC(C)c1oncc1CCCOc1nc(N)c2c(n1)OCCN(c1ccc(C3CCC(CC(=O)O)CC3)cc1)C2=O. The van der Waals surface area contributed by atoms with Crippen LogP contribution in [0.25, 0.3) is 0 Å². The number of nitrogen functional groups attached to an aromatic ring is 1. The monoisotopic (exact) mass is 563 g/mol. The molecule has 1 amide bonds. The van der Waals surface area contributed by atoms with E-state index in [1.807, 2.05) is 12.1 Å². The molecule has 1 saturated carbocycles. The lowest BCUT2D eigenvalue weighted by molar-refractivity contribution is -0.138. The maximum Gasteiger partial charge on any atom is 0.321 e. The summed E-state index contributed by atoms with van der Waals surface area (Å²) >= 11 is 0. The molecular weight excluding hydrogens is 526 g/mol. The minimum absolute atomic E-state index is 0.0118. The Balaban J connectivity index is 1.21. The lowest BCUT2D eigenvalue weighted by Crippen LogP contribution is -2.32. The number of carboxylic acids is 1. The average molecular weight is 564 g/mol. The predicted octanol–water partition coefficient (Wildman–Crippen LogP) is 4.97. The third-order valence-electron chi connectivity index (χ3n) is 7.90. The van der Waals surface area contributed by atoms with E-state index >= 15 is 0 Å². The Morgan fingerprint density at radius 3 is 2.63 bits per heavy atom. The number of benzene rings is 1. The number of anilines is 2. The Bertz CT molecular complexity index is 1360. The summed E-state index contributed by atoms with van der Waals surface area (Å²) in [5, 5.41) is 13.0. The number of fused-ring (bicyclic) bond motifs is 1. The molecule has 0 bridgehead atoms. The summed E-state index contributed by atoms with van der Waals surface area (Å²) in [6.07, 6.45) is 7.21. The molecular formula is C30H37N5O6. The van der Waals surface area contributed by atoms with Crippen LogP contribution in [0.3, 0.4) is 0 Å². The van der Waals surface area contributed by atoms with Crippen LogP contribution in [0.5, 0.6) is 11.9 Å². The lowest BCUT2D eigenvalue weighted by atomic mass is 9.77. The molecule has 218 valence electrons. The number of carbonyl (C=O) groups excluding carboxylic acids is 1. The molecule has 1 aromatic carbocycles. The van der Waals surface area contributed by atoms with E-state index in [9.17, 15) is 9.59 Å². The zero-order valence-corrected chi connectivity index (χ0v) is 23.5. The first kappa shape index (κ1) is 28.4. The van der Waals surface area contributed by atoms with Crippen LogP contribution in [-0.2, 0) is 11.2 Å². The van der Waals surface area contributed by atoms with Crippen LogP contribution >= 0.6 is 0 Å². The summed E-state index contributed by atoms with van der Waals surface area (Å²) in [6, 6.07) is 8.06. The topological polar surface area (TPSA) is 154 Å². The van der Waals surface area contributed by atoms with Crippen molar-refractivity contribution >= 4 is 23.4 Å². The molecule has 5 rings (SSSR count). The second kappa shape index (κ2) is 12.6. The number of hydrogen-bond acceptors (Lipinski definition) is 9. The molecule has 0 unspecified atom stereocenters. The molecule has 11 heteroatoms. The van der Waals surface area contributed by atoms with E-state index < -0.39 is 5.97 Å². The molecule has 1 aliphatic heterocycles. The third-order valence-corrected chi connectivity index (χ3v) is 7.90. The molecule has 2 aliphatic rings. The number of carboxylic acid groups (broad SMARTS) is 1. The van der Waals surface area contributed by atoms with Crippen molar-refractivity contribution in [1.82, 2.24) is 15.1 Å². The first-order valence-electron chi connectivity index (χ1n) is 14.3. The van der Waals surface area contributed by atoms with Gasteiger partial charge in [0.05, 0.1) is 19.3 Å². The molecule has 3 aromatic rings. The Morgan fingerprint density at radius 1 is 1.17 bits per heavy atom. The van der Waals surface area contributed by atoms with Gasteiger partial charge in [0, 0.05) is 23.6 Å². The number of carbonyl (C=O) groups is 2. The highest BCUT2D eigenvalue weighted by Crippen LogP contribution is 2.38. The van der Waals surface area contributed by atoms with E-state index in [1.54, 1.807) is 11.1 Å². The van der Waals surface area contributed by atoms with Gasteiger partial charge < -0.3 is 29.7 Å². The van der Waals surface area contributed by atoms with Crippen molar-refractivity contribution in [3.63, 3.8) is 0 Å². The molecule has 0 spiro atoms. The number of aryl methyl sites for hydroxylation is 1. The second-order valence-electron chi connectivity index (χ2n) is 11.1. The average Bonchev–Trinajstić information content (AvgIpc) is 3.36. The number of amides is 1. The van der Waals surface area contributed by atoms with Gasteiger partial charge in [0.15, 0.2) is 0 Å². The maximum absolute atomic E-state index is 13.5. The Hall–Kier alpha value is -4.15. The number of ether oxygens (including phenoxy) is 2. The highest BCUT2D eigenvalue weighted by atomic mass is 16.5. The number of aromatic nitrogens is 3.